The van der Waals surface area contributed by atoms with Gasteiger partial charge in [0.25, 0.3) is 0 Å². The average Bonchev–Trinajstić information content (AvgIpc) is 3.12. The van der Waals surface area contributed by atoms with E-state index in [9.17, 15) is 0 Å². The van der Waals surface area contributed by atoms with Gasteiger partial charge in [-0.05, 0) is 50.5 Å². The Morgan fingerprint density at radius 3 is 2.45 bits per heavy atom. The zero-order valence-corrected chi connectivity index (χ0v) is 16.5. The molecule has 0 radical (unpaired) electrons. The summed E-state index contributed by atoms with van der Waals surface area (Å²) in [6, 6.07) is 0. The Hall–Kier alpha value is -0.187. The molecule has 0 amide bonds. The molecule has 22 heavy (non-hydrogen) atoms. The maximum absolute atomic E-state index is 2.60. The first-order chi connectivity index (χ1) is 10.7. The molecule has 0 aromatic carbocycles. The van der Waals surface area contributed by atoms with Crippen LogP contribution >= 0.6 is 0 Å². The molecule has 0 aromatic heterocycles. The van der Waals surface area contributed by atoms with Gasteiger partial charge >= 0.3 is 20.4 Å². The van der Waals surface area contributed by atoms with E-state index in [2.05, 4.69) is 37.4 Å². The van der Waals surface area contributed by atoms with Gasteiger partial charge in [0.15, 0.2) is 0 Å². The molecular formula is C20H26MgSi. The third kappa shape index (κ3) is 2.72. The third-order valence-electron chi connectivity index (χ3n) is 6.13. The van der Waals surface area contributed by atoms with Crippen LogP contribution in [0.1, 0.15) is 44.9 Å². The van der Waals surface area contributed by atoms with Gasteiger partial charge in [0.2, 0.25) is 0 Å². The molecule has 2 unspecified atom stereocenters. The van der Waals surface area contributed by atoms with E-state index in [1.807, 2.05) is 16.3 Å². The second kappa shape index (κ2) is 6.37. The number of rotatable bonds is 2. The standard InChI is InChI=1S/C11H15Si.C9H11.Mg/c1-12(2)11-8-4-6-9-5-3-7-10(9)11;1-2-5-9-7-3-6-8(9)4-1;/h3,5,7H,4,6,8H2,1-2H3;3,6-7H,1-2,4-5H2;. The van der Waals surface area contributed by atoms with Gasteiger partial charge in [0.05, 0.1) is 0 Å². The molecule has 0 fully saturated rings. The minimum atomic E-state index is -0.257. The quantitative estimate of drug-likeness (QED) is 0.609. The Labute approximate surface area is 146 Å². The second-order valence-electron chi connectivity index (χ2n) is 7.70. The summed E-state index contributed by atoms with van der Waals surface area (Å²) in [4.78, 5) is 0. The minimum absolute atomic E-state index is 0.106. The maximum Gasteiger partial charge on any atom is 0.398 e. The van der Waals surface area contributed by atoms with Crippen LogP contribution in [-0.2, 0) is 0 Å². The highest BCUT2D eigenvalue weighted by atomic mass is 28.2. The average molecular weight is 319 g/mol. The zero-order valence-electron chi connectivity index (χ0n) is 14.1. The molecule has 0 saturated carbocycles. The number of allylic oxidation sites excluding steroid dienone is 8. The maximum atomic E-state index is 2.60. The van der Waals surface area contributed by atoms with Crippen molar-refractivity contribution in [2.24, 2.45) is 0 Å². The zero-order chi connectivity index (χ0) is 15.1. The number of hydrogen-bond donors (Lipinski definition) is 0. The van der Waals surface area contributed by atoms with Gasteiger partial charge in [-0.15, -0.1) is 12.2 Å². The van der Waals surface area contributed by atoms with Crippen molar-refractivity contribution < 1.29 is 0 Å². The third-order valence-corrected chi connectivity index (χ3v) is 10.4. The van der Waals surface area contributed by atoms with Crippen LogP contribution < -0.4 is 0 Å². The minimum Gasteiger partial charge on any atom is -0.103 e. The van der Waals surface area contributed by atoms with Gasteiger partial charge in [-0.3, -0.25) is 0 Å². The molecule has 0 bridgehead atoms. The van der Waals surface area contributed by atoms with Gasteiger partial charge < -0.3 is 0 Å². The van der Waals surface area contributed by atoms with Gasteiger partial charge in [0, 0.05) is 8.41 Å². The van der Waals surface area contributed by atoms with Crippen molar-refractivity contribution in [1.29, 1.82) is 0 Å². The van der Waals surface area contributed by atoms with E-state index in [4.69, 9.17) is 0 Å². The molecule has 0 heterocycles. The van der Waals surface area contributed by atoms with Crippen LogP contribution in [0.25, 0.3) is 0 Å². The summed E-state index contributed by atoms with van der Waals surface area (Å²) in [7, 11) is -0.257. The highest BCUT2D eigenvalue weighted by Gasteiger charge is 2.32. The molecular weight excluding hydrogens is 293 g/mol. The molecule has 0 saturated heterocycles. The Balaban J connectivity index is 1.56. The van der Waals surface area contributed by atoms with Crippen LogP contribution in [0.2, 0.25) is 21.2 Å². The first-order valence-corrected chi connectivity index (χ1v) is 13.4. The van der Waals surface area contributed by atoms with Crippen molar-refractivity contribution in [3.05, 3.63) is 46.6 Å². The molecule has 0 nitrogen and oxygen atoms in total. The second-order valence-corrected chi connectivity index (χ2v) is 12.5. The van der Waals surface area contributed by atoms with E-state index in [0.717, 1.165) is 8.09 Å². The van der Waals surface area contributed by atoms with E-state index >= 15 is 0 Å². The SMILES string of the molecule is C[Si](C)=C1CCCC2=C1C=C[CH]2[Mg][CH]1C=CC2=C1CCCC2. The summed E-state index contributed by atoms with van der Waals surface area (Å²) in [6.45, 7) is 4.96. The molecule has 2 heteroatoms. The fourth-order valence-corrected chi connectivity index (χ4v) is 9.04. The first kappa shape index (κ1) is 15.3. The van der Waals surface area contributed by atoms with Crippen molar-refractivity contribution in [2.45, 2.75) is 66.1 Å². The van der Waals surface area contributed by atoms with E-state index in [-0.39, 0.29) is 28.8 Å². The summed E-state index contributed by atoms with van der Waals surface area (Å²) >= 11 is -0.106. The highest BCUT2D eigenvalue weighted by Crippen LogP contribution is 2.45. The smallest absolute Gasteiger partial charge is 0.103 e. The monoisotopic (exact) mass is 318 g/mol. The fourth-order valence-electron chi connectivity index (χ4n) is 4.99. The highest BCUT2D eigenvalue weighted by molar-refractivity contribution is 6.72. The van der Waals surface area contributed by atoms with Crippen molar-refractivity contribution in [2.75, 3.05) is 0 Å². The summed E-state index contributed by atoms with van der Waals surface area (Å²) in [6.07, 6.45) is 20.0. The topological polar surface area (TPSA) is 0 Å². The summed E-state index contributed by atoms with van der Waals surface area (Å²) in [5.41, 5.74) is 7.17. The molecule has 112 valence electrons. The van der Waals surface area contributed by atoms with Crippen LogP contribution in [0.4, 0.5) is 0 Å². The molecule has 4 aliphatic carbocycles. The first-order valence-electron chi connectivity index (χ1n) is 9.22. The molecule has 0 aliphatic heterocycles. The van der Waals surface area contributed by atoms with Crippen LogP contribution in [0, 0.1) is 0 Å². The van der Waals surface area contributed by atoms with Crippen molar-refractivity contribution in [1.82, 2.24) is 0 Å². The Morgan fingerprint density at radius 2 is 1.59 bits per heavy atom. The van der Waals surface area contributed by atoms with Crippen LogP contribution in [-0.4, -0.2) is 33.9 Å². The lowest BCUT2D eigenvalue weighted by atomic mass is 9.93. The Kier molecular flexibility index (Phi) is 4.44. The van der Waals surface area contributed by atoms with Crippen molar-refractivity contribution in [3.8, 4) is 0 Å². The number of hydrogen-bond acceptors (Lipinski definition) is 0. The van der Waals surface area contributed by atoms with E-state index < -0.39 is 0 Å². The molecule has 0 aromatic rings. The largest absolute Gasteiger partial charge is 0.398 e. The van der Waals surface area contributed by atoms with Crippen LogP contribution in [0.15, 0.2) is 46.6 Å². The Bertz CT molecular complexity index is 641. The van der Waals surface area contributed by atoms with Gasteiger partial charge in [-0.1, -0.05) is 55.2 Å². The van der Waals surface area contributed by atoms with Crippen LogP contribution in [0.3, 0.4) is 0 Å². The molecule has 2 atom stereocenters. The molecule has 0 spiro atoms. The normalized spacial score (nSPS) is 29.8. The van der Waals surface area contributed by atoms with Gasteiger partial charge in [-0.2, -0.15) is 0 Å². The van der Waals surface area contributed by atoms with Gasteiger partial charge in [0.1, 0.15) is 0 Å². The van der Waals surface area contributed by atoms with E-state index in [0.29, 0.717) is 0 Å². The summed E-state index contributed by atoms with van der Waals surface area (Å²) in [5, 5.41) is 1.85. The lowest BCUT2D eigenvalue weighted by molar-refractivity contribution is 0.679. The molecule has 4 rings (SSSR count). The lowest BCUT2D eigenvalue weighted by Gasteiger charge is -2.26. The van der Waals surface area contributed by atoms with Crippen LogP contribution in [0.5, 0.6) is 0 Å². The van der Waals surface area contributed by atoms with E-state index in [1.54, 1.807) is 11.1 Å². The molecule has 4 aliphatic rings. The fraction of sp³-hybridized carbons (Fsp3) is 0.550. The Morgan fingerprint density at radius 1 is 0.864 bits per heavy atom. The van der Waals surface area contributed by atoms with Crippen molar-refractivity contribution >= 4 is 33.9 Å². The summed E-state index contributed by atoms with van der Waals surface area (Å²) < 4.78 is 1.75. The summed E-state index contributed by atoms with van der Waals surface area (Å²) in [5.74, 6) is 0. The van der Waals surface area contributed by atoms with E-state index in [1.165, 1.54) is 44.9 Å². The predicted molar refractivity (Wildman–Crippen MR) is 100 cm³/mol. The van der Waals surface area contributed by atoms with Crippen molar-refractivity contribution in [3.63, 3.8) is 0 Å². The predicted octanol–water partition coefficient (Wildman–Crippen LogP) is 5.27. The van der Waals surface area contributed by atoms with Gasteiger partial charge in [-0.25, -0.2) is 0 Å². The molecule has 0 N–H and O–H groups in total. The lowest BCUT2D eigenvalue weighted by Crippen LogP contribution is -2.19.